The molecular weight excluding hydrogens is 855 g/mol. The van der Waals surface area contributed by atoms with Crippen LogP contribution in [0.2, 0.25) is 0 Å². The van der Waals surface area contributed by atoms with Gasteiger partial charge in [0.2, 0.25) is 0 Å². The molecule has 0 bridgehead atoms. The fraction of sp³-hybridized carbons (Fsp3) is 1.00. The summed E-state index contributed by atoms with van der Waals surface area (Å²) in [6, 6.07) is 0. The van der Waals surface area contributed by atoms with Crippen LogP contribution >= 0.6 is 0 Å². The van der Waals surface area contributed by atoms with Crippen LogP contribution in [0, 0.1) is 0 Å². The molecule has 4 heteroatoms. The van der Waals surface area contributed by atoms with Crippen LogP contribution in [0.1, 0.15) is 388 Å². The van der Waals surface area contributed by atoms with E-state index in [1.165, 1.54) is 308 Å². The Bertz CT molecular complexity index is 800. The first-order valence-corrected chi connectivity index (χ1v) is 33.3. The monoisotopic (exact) mass is 990 g/mol. The lowest BCUT2D eigenvalue weighted by Gasteiger charge is -2.42. The second-order valence-corrected chi connectivity index (χ2v) is 22.7. The Morgan fingerprint density at radius 3 is 0.471 bits per heavy atom. The molecule has 0 saturated carbocycles. The summed E-state index contributed by atoms with van der Waals surface area (Å²) in [6.07, 6.45) is 74.0. The third-order valence-corrected chi connectivity index (χ3v) is 15.5. The standard InChI is InChI=1S/C66H135NO3/c1-7-13-16-19-22-25-28-31-34-37-40-43-46-49-52-55-61-68-64(58-10-4)67(65(59-11-5)69-62-56-53-50-47-44-41-38-35-32-29-26-23-20-17-14-8-2)66(60-12-6)70-63-57-54-51-48-45-42-39-36-33-30-27-24-21-18-15-9-3/h64-66H,7-63H2,1-6H3. The van der Waals surface area contributed by atoms with Crippen LogP contribution in [-0.2, 0) is 14.2 Å². The van der Waals surface area contributed by atoms with E-state index in [1.54, 1.807) is 0 Å². The molecule has 0 saturated heterocycles. The fourth-order valence-electron chi connectivity index (χ4n) is 10.9. The molecule has 0 N–H and O–H groups in total. The van der Waals surface area contributed by atoms with E-state index in [0.717, 1.165) is 58.3 Å². The fourth-order valence-corrected chi connectivity index (χ4v) is 10.9. The van der Waals surface area contributed by atoms with Crippen molar-refractivity contribution < 1.29 is 14.2 Å². The van der Waals surface area contributed by atoms with Crippen molar-refractivity contribution in [3.05, 3.63) is 0 Å². The quantitative estimate of drug-likeness (QED) is 0.0449. The van der Waals surface area contributed by atoms with Gasteiger partial charge in [0.15, 0.2) is 0 Å². The van der Waals surface area contributed by atoms with Crippen molar-refractivity contribution in [2.24, 2.45) is 0 Å². The van der Waals surface area contributed by atoms with E-state index >= 15 is 0 Å². The summed E-state index contributed by atoms with van der Waals surface area (Å²) >= 11 is 0. The highest BCUT2D eigenvalue weighted by Crippen LogP contribution is 2.26. The Labute approximate surface area is 444 Å². The van der Waals surface area contributed by atoms with Gasteiger partial charge in [0, 0.05) is 19.8 Å². The van der Waals surface area contributed by atoms with E-state index in [2.05, 4.69) is 46.4 Å². The van der Waals surface area contributed by atoms with E-state index in [1.807, 2.05) is 0 Å². The summed E-state index contributed by atoms with van der Waals surface area (Å²) in [7, 11) is 0. The molecule has 0 radical (unpaired) electrons. The minimum Gasteiger partial charge on any atom is -0.363 e. The summed E-state index contributed by atoms with van der Waals surface area (Å²) in [4.78, 5) is 2.61. The van der Waals surface area contributed by atoms with Crippen LogP contribution in [0.3, 0.4) is 0 Å². The van der Waals surface area contributed by atoms with Crippen molar-refractivity contribution in [1.29, 1.82) is 0 Å². The molecule has 3 unspecified atom stereocenters. The van der Waals surface area contributed by atoms with Crippen molar-refractivity contribution >= 4 is 0 Å². The zero-order valence-corrected chi connectivity index (χ0v) is 49.7. The van der Waals surface area contributed by atoms with Crippen molar-refractivity contribution in [1.82, 2.24) is 4.90 Å². The van der Waals surface area contributed by atoms with Crippen molar-refractivity contribution in [3.63, 3.8) is 0 Å². The van der Waals surface area contributed by atoms with E-state index in [4.69, 9.17) is 14.2 Å². The lowest BCUT2D eigenvalue weighted by molar-refractivity contribution is -0.230. The third kappa shape index (κ3) is 50.0. The van der Waals surface area contributed by atoms with Crippen LogP contribution in [0.4, 0.5) is 0 Å². The molecule has 0 aliphatic heterocycles. The van der Waals surface area contributed by atoms with Gasteiger partial charge in [-0.3, -0.25) is 0 Å². The molecule has 70 heavy (non-hydrogen) atoms. The van der Waals surface area contributed by atoms with E-state index < -0.39 is 0 Å². The van der Waals surface area contributed by atoms with Crippen LogP contribution in [0.15, 0.2) is 0 Å². The normalized spacial score (nSPS) is 13.2. The van der Waals surface area contributed by atoms with Gasteiger partial charge in [0.05, 0.1) is 0 Å². The minimum absolute atomic E-state index is 0.0611. The van der Waals surface area contributed by atoms with Gasteiger partial charge >= 0.3 is 0 Å². The topological polar surface area (TPSA) is 30.9 Å². The maximum Gasteiger partial charge on any atom is 0.114 e. The molecule has 0 rings (SSSR count). The smallest absolute Gasteiger partial charge is 0.114 e. The first-order chi connectivity index (χ1) is 34.7. The first-order valence-electron chi connectivity index (χ1n) is 33.3. The average Bonchev–Trinajstić information content (AvgIpc) is 3.36. The van der Waals surface area contributed by atoms with Crippen LogP contribution in [-0.4, -0.2) is 43.4 Å². The van der Waals surface area contributed by atoms with E-state index in [-0.39, 0.29) is 18.7 Å². The second-order valence-electron chi connectivity index (χ2n) is 22.7. The predicted molar refractivity (Wildman–Crippen MR) is 314 cm³/mol. The number of hydrogen-bond donors (Lipinski definition) is 0. The Hall–Kier alpha value is -0.160. The van der Waals surface area contributed by atoms with Crippen molar-refractivity contribution in [3.8, 4) is 0 Å². The highest BCUT2D eigenvalue weighted by Gasteiger charge is 2.33. The number of nitrogens with zero attached hydrogens (tertiary/aromatic N) is 1. The van der Waals surface area contributed by atoms with Crippen LogP contribution in [0.5, 0.6) is 0 Å². The molecule has 0 heterocycles. The summed E-state index contributed by atoms with van der Waals surface area (Å²) < 4.78 is 20.9. The summed E-state index contributed by atoms with van der Waals surface area (Å²) in [5.74, 6) is 0. The molecule has 0 amide bonds. The summed E-state index contributed by atoms with van der Waals surface area (Å²) in [5.41, 5.74) is 0. The highest BCUT2D eigenvalue weighted by molar-refractivity contribution is 4.74. The maximum absolute atomic E-state index is 6.96. The van der Waals surface area contributed by atoms with Gasteiger partial charge in [-0.2, -0.15) is 0 Å². The molecule has 0 fully saturated rings. The lowest BCUT2D eigenvalue weighted by atomic mass is 10.0. The molecule has 0 aromatic carbocycles. The van der Waals surface area contributed by atoms with Gasteiger partial charge in [0.25, 0.3) is 0 Å². The van der Waals surface area contributed by atoms with Gasteiger partial charge < -0.3 is 14.2 Å². The molecule has 0 aliphatic carbocycles. The molecule has 0 aromatic heterocycles. The molecule has 0 aromatic rings. The molecular formula is C66H135NO3. The SMILES string of the molecule is CCCCCCCCCCCCCCCCCCOC(CCC)N(C(CCC)OCCCCCCCCCCCCCCCCCC)C(CCC)OCCCCCCCCCCCCCCCCCC. The molecule has 3 atom stereocenters. The first kappa shape index (κ1) is 69.8. The van der Waals surface area contributed by atoms with Crippen LogP contribution in [0.25, 0.3) is 0 Å². The van der Waals surface area contributed by atoms with Gasteiger partial charge in [0.1, 0.15) is 18.7 Å². The number of hydrogen-bond acceptors (Lipinski definition) is 4. The predicted octanol–water partition coefficient (Wildman–Crippen LogP) is 23.5. The van der Waals surface area contributed by atoms with Crippen molar-refractivity contribution in [2.75, 3.05) is 19.8 Å². The van der Waals surface area contributed by atoms with Gasteiger partial charge in [-0.05, 0) is 38.5 Å². The lowest BCUT2D eigenvalue weighted by Crippen LogP contribution is -2.53. The van der Waals surface area contributed by atoms with Crippen molar-refractivity contribution in [2.45, 2.75) is 407 Å². The maximum atomic E-state index is 6.96. The molecule has 0 spiro atoms. The Kier molecular flexibility index (Phi) is 61.2. The molecule has 4 nitrogen and oxygen atoms in total. The van der Waals surface area contributed by atoms with E-state index in [0.29, 0.717) is 0 Å². The highest BCUT2D eigenvalue weighted by atomic mass is 16.6. The summed E-state index contributed by atoms with van der Waals surface area (Å²) in [5, 5.41) is 0. The van der Waals surface area contributed by atoms with E-state index in [9.17, 15) is 0 Å². The van der Waals surface area contributed by atoms with Gasteiger partial charge in [-0.1, -0.05) is 350 Å². The molecule has 0 aliphatic rings. The Morgan fingerprint density at radius 2 is 0.329 bits per heavy atom. The van der Waals surface area contributed by atoms with Crippen LogP contribution < -0.4 is 0 Å². The third-order valence-electron chi connectivity index (χ3n) is 15.5. The zero-order valence-electron chi connectivity index (χ0n) is 49.7. The molecule has 422 valence electrons. The largest absolute Gasteiger partial charge is 0.363 e. The summed E-state index contributed by atoms with van der Waals surface area (Å²) in [6.45, 7) is 16.5. The number of unbranched alkanes of at least 4 members (excludes halogenated alkanes) is 45. The zero-order chi connectivity index (χ0) is 50.7. The number of rotatable bonds is 63. The second kappa shape index (κ2) is 61.4. The van der Waals surface area contributed by atoms with Gasteiger partial charge in [-0.15, -0.1) is 0 Å². The minimum atomic E-state index is 0.0611. The Morgan fingerprint density at radius 1 is 0.186 bits per heavy atom. The average molecular weight is 991 g/mol. The Balaban J connectivity index is 4.94. The number of ether oxygens (including phenoxy) is 3. The van der Waals surface area contributed by atoms with Gasteiger partial charge in [-0.25, -0.2) is 4.90 Å².